The molecule has 0 unspecified atom stereocenters. The second kappa shape index (κ2) is 6.89. The molecule has 0 fully saturated rings. The lowest BCUT2D eigenvalue weighted by atomic mass is 10.0. The highest BCUT2D eigenvalue weighted by molar-refractivity contribution is 5.96. The number of carbonyl (C=O) groups excluding carboxylic acids is 1. The predicted octanol–water partition coefficient (Wildman–Crippen LogP) is 2.82. The van der Waals surface area contributed by atoms with Crippen LogP contribution >= 0.6 is 0 Å². The van der Waals surface area contributed by atoms with Gasteiger partial charge in [-0.15, -0.1) is 0 Å². The van der Waals surface area contributed by atoms with Crippen molar-refractivity contribution in [3.63, 3.8) is 0 Å². The summed E-state index contributed by atoms with van der Waals surface area (Å²) in [5.41, 5.74) is 2.16. The largest absolute Gasteiger partial charge is 0.478 e. The molecule has 0 aliphatic heterocycles. The lowest BCUT2D eigenvalue weighted by Gasteiger charge is -2.20. The number of carbonyl (C=O) groups is 2. The zero-order chi connectivity index (χ0) is 15.3. The van der Waals surface area contributed by atoms with Crippen LogP contribution in [-0.2, 0) is 4.79 Å². The van der Waals surface area contributed by atoms with Crippen LogP contribution in [-0.4, -0.2) is 35.5 Å². The minimum absolute atomic E-state index is 0.0400. The molecule has 0 radical (unpaired) electrons. The van der Waals surface area contributed by atoms with Crippen molar-refractivity contribution in [2.24, 2.45) is 5.92 Å². The van der Waals surface area contributed by atoms with Crippen LogP contribution in [0.25, 0.3) is 6.08 Å². The van der Waals surface area contributed by atoms with Crippen LogP contribution in [0.15, 0.2) is 24.3 Å². The molecule has 0 atom stereocenters. The van der Waals surface area contributed by atoms with Gasteiger partial charge in [-0.2, -0.15) is 0 Å². The van der Waals surface area contributed by atoms with Crippen molar-refractivity contribution in [1.82, 2.24) is 4.90 Å². The maximum Gasteiger partial charge on any atom is 0.328 e. The molecule has 1 amide bonds. The third-order valence-electron chi connectivity index (χ3n) is 3.00. The first-order valence-electron chi connectivity index (χ1n) is 6.59. The van der Waals surface area contributed by atoms with Gasteiger partial charge in [0.25, 0.3) is 5.91 Å². The topological polar surface area (TPSA) is 57.6 Å². The molecule has 0 aliphatic rings. The van der Waals surface area contributed by atoms with E-state index < -0.39 is 5.97 Å². The molecular formula is C16H21NO3. The SMILES string of the molecule is Cc1c(C=CC(=O)O)cccc1C(=O)N(C)CC(C)C. The Balaban J connectivity index is 3.05. The number of rotatable bonds is 5. The van der Waals surface area contributed by atoms with Crippen molar-refractivity contribution in [3.05, 3.63) is 41.0 Å². The van der Waals surface area contributed by atoms with Gasteiger partial charge in [-0.3, -0.25) is 4.79 Å². The summed E-state index contributed by atoms with van der Waals surface area (Å²) in [5, 5.41) is 8.67. The summed E-state index contributed by atoms with van der Waals surface area (Å²) >= 11 is 0. The highest BCUT2D eigenvalue weighted by Crippen LogP contribution is 2.17. The Morgan fingerprint density at radius 2 is 2.00 bits per heavy atom. The summed E-state index contributed by atoms with van der Waals surface area (Å²) in [5.74, 6) is -0.640. The van der Waals surface area contributed by atoms with Crippen molar-refractivity contribution >= 4 is 18.0 Å². The highest BCUT2D eigenvalue weighted by atomic mass is 16.4. The van der Waals surface area contributed by atoms with Crippen LogP contribution in [0.3, 0.4) is 0 Å². The Bertz CT molecular complexity index is 533. The number of amides is 1. The van der Waals surface area contributed by atoms with E-state index in [4.69, 9.17) is 5.11 Å². The second-order valence-electron chi connectivity index (χ2n) is 5.27. The fourth-order valence-corrected chi connectivity index (χ4v) is 2.06. The minimum Gasteiger partial charge on any atom is -0.478 e. The molecule has 1 aromatic carbocycles. The number of hydrogen-bond donors (Lipinski definition) is 1. The van der Waals surface area contributed by atoms with Crippen LogP contribution in [0.5, 0.6) is 0 Å². The quantitative estimate of drug-likeness (QED) is 0.841. The smallest absolute Gasteiger partial charge is 0.328 e. The maximum absolute atomic E-state index is 12.4. The third-order valence-corrected chi connectivity index (χ3v) is 3.00. The molecule has 0 saturated carbocycles. The van der Waals surface area contributed by atoms with Gasteiger partial charge in [0.15, 0.2) is 0 Å². The van der Waals surface area contributed by atoms with E-state index in [0.29, 0.717) is 18.0 Å². The summed E-state index contributed by atoms with van der Waals surface area (Å²) in [6.45, 7) is 6.64. The minimum atomic E-state index is -1.00. The van der Waals surface area contributed by atoms with Gasteiger partial charge in [-0.1, -0.05) is 26.0 Å². The third kappa shape index (κ3) is 4.23. The van der Waals surface area contributed by atoms with Gasteiger partial charge in [-0.05, 0) is 36.1 Å². The van der Waals surface area contributed by atoms with Gasteiger partial charge in [0, 0.05) is 25.2 Å². The summed E-state index contributed by atoms with van der Waals surface area (Å²) < 4.78 is 0. The standard InChI is InChI=1S/C16H21NO3/c1-11(2)10-17(4)16(20)14-7-5-6-13(12(14)3)8-9-15(18)19/h5-9,11H,10H2,1-4H3,(H,18,19). The first-order chi connectivity index (χ1) is 9.32. The Kier molecular flexibility index (Phi) is 5.50. The van der Waals surface area contributed by atoms with Crippen molar-refractivity contribution < 1.29 is 14.7 Å². The number of nitrogens with zero attached hydrogens (tertiary/aromatic N) is 1. The van der Waals surface area contributed by atoms with Crippen LogP contribution in [0.2, 0.25) is 0 Å². The Morgan fingerprint density at radius 1 is 1.35 bits per heavy atom. The van der Waals surface area contributed by atoms with Gasteiger partial charge >= 0.3 is 5.97 Å². The average molecular weight is 275 g/mol. The van der Waals surface area contributed by atoms with Crippen molar-refractivity contribution in [3.8, 4) is 0 Å². The lowest BCUT2D eigenvalue weighted by molar-refractivity contribution is -0.131. The van der Waals surface area contributed by atoms with Crippen LogP contribution in [0.1, 0.15) is 35.3 Å². The second-order valence-corrected chi connectivity index (χ2v) is 5.27. The molecular weight excluding hydrogens is 254 g/mol. The fourth-order valence-electron chi connectivity index (χ4n) is 2.06. The first kappa shape index (κ1) is 16.0. The van der Waals surface area contributed by atoms with E-state index in [-0.39, 0.29) is 5.91 Å². The van der Waals surface area contributed by atoms with Gasteiger partial charge in [-0.25, -0.2) is 4.79 Å². The zero-order valence-corrected chi connectivity index (χ0v) is 12.4. The number of aliphatic carboxylic acids is 1. The molecule has 0 saturated heterocycles. The van der Waals surface area contributed by atoms with Crippen molar-refractivity contribution in [1.29, 1.82) is 0 Å². The molecule has 0 aliphatic carbocycles. The van der Waals surface area contributed by atoms with Gasteiger partial charge in [0.1, 0.15) is 0 Å². The van der Waals surface area contributed by atoms with Gasteiger partial charge in [0.05, 0.1) is 0 Å². The number of hydrogen-bond acceptors (Lipinski definition) is 2. The van der Waals surface area contributed by atoms with E-state index in [1.54, 1.807) is 30.1 Å². The van der Waals surface area contributed by atoms with Crippen molar-refractivity contribution in [2.75, 3.05) is 13.6 Å². The fraction of sp³-hybridized carbons (Fsp3) is 0.375. The Hall–Kier alpha value is -2.10. The van der Waals surface area contributed by atoms with E-state index in [0.717, 1.165) is 17.2 Å². The van der Waals surface area contributed by atoms with Gasteiger partial charge in [0.2, 0.25) is 0 Å². The predicted molar refractivity (Wildman–Crippen MR) is 79.6 cm³/mol. The number of carboxylic acids is 1. The Labute approximate surface area is 119 Å². The number of carboxylic acid groups (broad SMARTS) is 1. The van der Waals surface area contributed by atoms with E-state index in [1.807, 2.05) is 6.92 Å². The zero-order valence-electron chi connectivity index (χ0n) is 12.4. The van der Waals surface area contributed by atoms with E-state index in [1.165, 1.54) is 6.08 Å². The molecule has 1 N–H and O–H groups in total. The highest BCUT2D eigenvalue weighted by Gasteiger charge is 2.15. The number of benzene rings is 1. The van der Waals surface area contributed by atoms with E-state index in [2.05, 4.69) is 13.8 Å². The lowest BCUT2D eigenvalue weighted by Crippen LogP contribution is -2.30. The summed E-state index contributed by atoms with van der Waals surface area (Å²) in [6.07, 6.45) is 2.59. The molecule has 1 rings (SSSR count). The normalized spacial score (nSPS) is 11.1. The maximum atomic E-state index is 12.4. The first-order valence-corrected chi connectivity index (χ1v) is 6.59. The van der Waals surface area contributed by atoms with Crippen molar-refractivity contribution in [2.45, 2.75) is 20.8 Å². The molecule has 4 nitrogen and oxygen atoms in total. The summed E-state index contributed by atoms with van der Waals surface area (Å²) in [7, 11) is 1.78. The van der Waals surface area contributed by atoms with Gasteiger partial charge < -0.3 is 10.0 Å². The molecule has 4 heteroatoms. The Morgan fingerprint density at radius 3 is 2.55 bits per heavy atom. The van der Waals surface area contributed by atoms with E-state index in [9.17, 15) is 9.59 Å². The van der Waals surface area contributed by atoms with E-state index >= 15 is 0 Å². The average Bonchev–Trinajstić information content (AvgIpc) is 2.35. The molecule has 20 heavy (non-hydrogen) atoms. The summed E-state index contributed by atoms with van der Waals surface area (Å²) in [4.78, 5) is 24.6. The molecule has 0 spiro atoms. The molecule has 0 bridgehead atoms. The molecule has 108 valence electrons. The molecule has 0 aromatic heterocycles. The molecule has 0 heterocycles. The monoisotopic (exact) mass is 275 g/mol. The van der Waals surface area contributed by atoms with Crippen LogP contribution < -0.4 is 0 Å². The van der Waals surface area contributed by atoms with Crippen LogP contribution in [0.4, 0.5) is 0 Å². The summed E-state index contributed by atoms with van der Waals surface area (Å²) in [6, 6.07) is 5.34. The molecule has 1 aromatic rings. The van der Waals surface area contributed by atoms with Crippen LogP contribution in [0, 0.1) is 12.8 Å².